The van der Waals surface area contributed by atoms with Gasteiger partial charge in [-0.15, -0.1) is 0 Å². The molecule has 0 spiro atoms. The molecule has 1 amide bonds. The molecule has 1 aromatic heterocycles. The molecule has 0 bridgehead atoms. The number of nitrogens with one attached hydrogen (secondary N) is 1. The van der Waals surface area contributed by atoms with Crippen LogP contribution in [0.4, 0.5) is 8.78 Å². The Morgan fingerprint density at radius 1 is 0.829 bits per heavy atom. The Morgan fingerprint density at radius 3 is 1.85 bits per heavy atom. The first kappa shape index (κ1) is 30.8. The molecule has 0 saturated heterocycles. The monoisotopic (exact) mass is 572 g/mol. The highest BCUT2D eigenvalue weighted by molar-refractivity contribution is 5.98. The van der Waals surface area contributed by atoms with Gasteiger partial charge >= 0.3 is 11.9 Å². The van der Waals surface area contributed by atoms with E-state index in [4.69, 9.17) is 23.7 Å². The SMILES string of the molecule is COc1cc(F)ccc1C(c1ccc(F)cc1OC)[C@H](C)OC(=O)[C@H](C)NC(=O)c1nccc(OC)c1OC(C)=O. The van der Waals surface area contributed by atoms with E-state index in [1.165, 1.54) is 76.9 Å². The summed E-state index contributed by atoms with van der Waals surface area (Å²) >= 11 is 0. The van der Waals surface area contributed by atoms with E-state index in [1.807, 2.05) is 0 Å². The number of esters is 2. The average molecular weight is 573 g/mol. The lowest BCUT2D eigenvalue weighted by atomic mass is 9.85. The van der Waals surface area contributed by atoms with Gasteiger partial charge in [0.05, 0.1) is 27.2 Å². The summed E-state index contributed by atoms with van der Waals surface area (Å²) in [6.07, 6.45) is 0.342. The number of methoxy groups -OCH3 is 3. The summed E-state index contributed by atoms with van der Waals surface area (Å²) in [6, 6.07) is 7.97. The number of carbonyl (C=O) groups is 3. The number of benzene rings is 2. The van der Waals surface area contributed by atoms with Gasteiger partial charge in [0.1, 0.15) is 35.3 Å². The van der Waals surface area contributed by atoms with Crippen LogP contribution in [-0.2, 0) is 14.3 Å². The summed E-state index contributed by atoms with van der Waals surface area (Å²) in [4.78, 5) is 41.7. The smallest absolute Gasteiger partial charge is 0.328 e. The maximum absolute atomic E-state index is 14.0. The number of ether oxygens (including phenoxy) is 5. The first-order valence-corrected chi connectivity index (χ1v) is 12.4. The van der Waals surface area contributed by atoms with Gasteiger partial charge in [0.15, 0.2) is 11.4 Å². The Labute approximate surface area is 235 Å². The van der Waals surface area contributed by atoms with E-state index in [0.29, 0.717) is 11.1 Å². The van der Waals surface area contributed by atoms with E-state index in [9.17, 15) is 23.2 Å². The zero-order chi connectivity index (χ0) is 30.3. The number of pyridine rings is 1. The molecule has 3 rings (SSSR count). The highest BCUT2D eigenvalue weighted by Gasteiger charge is 2.32. The van der Waals surface area contributed by atoms with Gasteiger partial charge in [-0.1, -0.05) is 12.1 Å². The minimum Gasteiger partial charge on any atom is -0.496 e. The molecule has 1 heterocycles. The molecular formula is C29H30F2N2O8. The Hall–Kier alpha value is -4.74. The van der Waals surface area contributed by atoms with Gasteiger partial charge in [-0.05, 0) is 26.0 Å². The van der Waals surface area contributed by atoms with Crippen LogP contribution < -0.4 is 24.3 Å². The van der Waals surface area contributed by atoms with Crippen molar-refractivity contribution in [2.75, 3.05) is 21.3 Å². The Balaban J connectivity index is 1.90. The highest BCUT2D eigenvalue weighted by Crippen LogP contribution is 2.40. The van der Waals surface area contributed by atoms with E-state index in [-0.39, 0.29) is 28.7 Å². The number of carbonyl (C=O) groups excluding carboxylic acids is 3. The lowest BCUT2D eigenvalue weighted by Crippen LogP contribution is -2.41. The average Bonchev–Trinajstić information content (AvgIpc) is 2.94. The summed E-state index contributed by atoms with van der Waals surface area (Å²) in [7, 11) is 4.05. The van der Waals surface area contributed by atoms with Gasteiger partial charge in [-0.2, -0.15) is 0 Å². The van der Waals surface area contributed by atoms with Gasteiger partial charge in [0, 0.05) is 42.4 Å². The fourth-order valence-corrected chi connectivity index (χ4v) is 4.23. The molecule has 3 aromatic rings. The minimum absolute atomic E-state index is 0.0912. The molecule has 1 N–H and O–H groups in total. The molecule has 2 aromatic carbocycles. The molecule has 218 valence electrons. The third-order valence-corrected chi connectivity index (χ3v) is 6.08. The summed E-state index contributed by atoms with van der Waals surface area (Å²) in [5.74, 6) is -4.00. The standard InChI is InChI=1S/C29H30F2N2O8/c1-15(33-28(35)26-27(41-17(3)34)22(37-4)11-12-32-26)29(36)40-16(2)25(20-9-7-18(30)13-23(20)38-5)21-10-8-19(31)14-24(21)39-6/h7-16,25H,1-6H3,(H,33,35)/t15-,16-/m0/s1. The van der Waals surface area contributed by atoms with E-state index < -0.39 is 47.5 Å². The van der Waals surface area contributed by atoms with Crippen LogP contribution in [0.3, 0.4) is 0 Å². The number of hydrogen-bond donors (Lipinski definition) is 1. The summed E-state index contributed by atoms with van der Waals surface area (Å²) in [5, 5.41) is 2.47. The molecule has 0 aliphatic carbocycles. The van der Waals surface area contributed by atoms with Crippen molar-refractivity contribution in [2.24, 2.45) is 0 Å². The van der Waals surface area contributed by atoms with Crippen LogP contribution in [0.5, 0.6) is 23.0 Å². The molecule has 2 atom stereocenters. The van der Waals surface area contributed by atoms with Gasteiger partial charge in [0.25, 0.3) is 5.91 Å². The number of amides is 1. The number of aromatic nitrogens is 1. The minimum atomic E-state index is -1.19. The molecule has 0 radical (unpaired) electrons. The Morgan fingerprint density at radius 2 is 1.37 bits per heavy atom. The van der Waals surface area contributed by atoms with Crippen LogP contribution in [0.2, 0.25) is 0 Å². The molecule has 0 aliphatic heterocycles. The van der Waals surface area contributed by atoms with Crippen LogP contribution in [0, 0.1) is 11.6 Å². The van der Waals surface area contributed by atoms with Crippen molar-refractivity contribution in [3.63, 3.8) is 0 Å². The normalized spacial score (nSPS) is 12.2. The van der Waals surface area contributed by atoms with Crippen molar-refractivity contribution in [3.8, 4) is 23.0 Å². The zero-order valence-electron chi connectivity index (χ0n) is 23.3. The largest absolute Gasteiger partial charge is 0.496 e. The van der Waals surface area contributed by atoms with Gasteiger partial charge < -0.3 is 29.0 Å². The lowest BCUT2D eigenvalue weighted by molar-refractivity contribution is -0.150. The van der Waals surface area contributed by atoms with Crippen LogP contribution in [0.15, 0.2) is 48.7 Å². The molecule has 41 heavy (non-hydrogen) atoms. The Bertz CT molecular complexity index is 1380. The fraction of sp³-hybridized carbons (Fsp3) is 0.310. The van der Waals surface area contributed by atoms with E-state index in [0.717, 1.165) is 6.92 Å². The molecule has 0 saturated carbocycles. The summed E-state index contributed by atoms with van der Waals surface area (Å²) < 4.78 is 54.8. The molecular weight excluding hydrogens is 542 g/mol. The second-order valence-corrected chi connectivity index (χ2v) is 8.87. The van der Waals surface area contributed by atoms with Crippen molar-refractivity contribution < 1.29 is 46.8 Å². The predicted octanol–water partition coefficient (Wildman–Crippen LogP) is 4.19. The summed E-state index contributed by atoms with van der Waals surface area (Å²) in [6.45, 7) is 4.13. The van der Waals surface area contributed by atoms with Crippen molar-refractivity contribution >= 4 is 17.8 Å². The van der Waals surface area contributed by atoms with Gasteiger partial charge in [0.2, 0.25) is 5.75 Å². The number of rotatable bonds is 11. The Kier molecular flexibility index (Phi) is 10.2. The molecule has 12 heteroatoms. The number of nitrogens with zero attached hydrogens (tertiary/aromatic N) is 1. The second kappa shape index (κ2) is 13.6. The van der Waals surface area contributed by atoms with E-state index >= 15 is 0 Å². The third kappa shape index (κ3) is 7.27. The van der Waals surface area contributed by atoms with Crippen LogP contribution >= 0.6 is 0 Å². The second-order valence-electron chi connectivity index (χ2n) is 8.87. The van der Waals surface area contributed by atoms with Crippen LogP contribution in [-0.4, -0.2) is 56.3 Å². The maximum atomic E-state index is 14.0. The zero-order valence-corrected chi connectivity index (χ0v) is 23.3. The fourth-order valence-electron chi connectivity index (χ4n) is 4.23. The van der Waals surface area contributed by atoms with Crippen molar-refractivity contribution in [1.29, 1.82) is 0 Å². The molecule has 10 nitrogen and oxygen atoms in total. The van der Waals surface area contributed by atoms with Crippen molar-refractivity contribution in [1.82, 2.24) is 10.3 Å². The lowest BCUT2D eigenvalue weighted by Gasteiger charge is -2.28. The van der Waals surface area contributed by atoms with E-state index in [1.54, 1.807) is 6.92 Å². The van der Waals surface area contributed by atoms with Gasteiger partial charge in [-0.3, -0.25) is 9.59 Å². The first-order chi connectivity index (χ1) is 19.5. The third-order valence-electron chi connectivity index (χ3n) is 6.08. The highest BCUT2D eigenvalue weighted by atomic mass is 19.1. The summed E-state index contributed by atoms with van der Waals surface area (Å²) in [5.41, 5.74) is 0.613. The van der Waals surface area contributed by atoms with Crippen LogP contribution in [0.1, 0.15) is 48.3 Å². The topological polar surface area (TPSA) is 122 Å². The molecule has 0 unspecified atom stereocenters. The quantitative estimate of drug-likeness (QED) is 0.337. The molecule has 0 aliphatic rings. The van der Waals surface area contributed by atoms with Crippen molar-refractivity contribution in [3.05, 3.63) is 77.1 Å². The van der Waals surface area contributed by atoms with Crippen molar-refractivity contribution in [2.45, 2.75) is 38.8 Å². The molecule has 0 fully saturated rings. The predicted molar refractivity (Wildman–Crippen MR) is 142 cm³/mol. The first-order valence-electron chi connectivity index (χ1n) is 12.4. The number of halogens is 2. The van der Waals surface area contributed by atoms with E-state index in [2.05, 4.69) is 10.3 Å². The maximum Gasteiger partial charge on any atom is 0.328 e. The van der Waals surface area contributed by atoms with Gasteiger partial charge in [-0.25, -0.2) is 18.6 Å². The van der Waals surface area contributed by atoms with Crippen LogP contribution in [0.25, 0.3) is 0 Å². The number of hydrogen-bond acceptors (Lipinski definition) is 9.